The van der Waals surface area contributed by atoms with Gasteiger partial charge in [0.25, 0.3) is 0 Å². The third-order valence-corrected chi connectivity index (χ3v) is 6.39. The van der Waals surface area contributed by atoms with Crippen LogP contribution in [0, 0.1) is 5.41 Å². The molecule has 1 atom stereocenters. The van der Waals surface area contributed by atoms with Gasteiger partial charge in [0.1, 0.15) is 10.7 Å². The Labute approximate surface area is 161 Å². The smallest absolute Gasteiger partial charge is 0.320 e. The van der Waals surface area contributed by atoms with Crippen molar-refractivity contribution in [2.24, 2.45) is 5.41 Å². The number of nitrogens with zero attached hydrogens (tertiary/aromatic N) is 2. The van der Waals surface area contributed by atoms with Crippen molar-refractivity contribution >= 4 is 21.9 Å². The van der Waals surface area contributed by atoms with Crippen molar-refractivity contribution in [3.63, 3.8) is 0 Å². The standard InChI is InChI=1S/C18H30N4O4S/c1-14(23)11-18(2,3)13-20-17(24)21-16-8-7-15(12-19-16)27(25,26)22-9-5-4-6-10-22/h7-8,12,14,23H,4-6,9-11,13H2,1-3H3,(H2,19,20,21,24)/t14-/m1/s1. The summed E-state index contributed by atoms with van der Waals surface area (Å²) in [4.78, 5) is 16.2. The zero-order valence-electron chi connectivity index (χ0n) is 16.2. The van der Waals surface area contributed by atoms with Crippen LogP contribution in [0.3, 0.4) is 0 Å². The lowest BCUT2D eigenvalue weighted by Gasteiger charge is -2.26. The molecule has 2 rings (SSSR count). The number of piperidine rings is 1. The van der Waals surface area contributed by atoms with E-state index in [1.807, 2.05) is 13.8 Å². The zero-order valence-corrected chi connectivity index (χ0v) is 17.1. The van der Waals surface area contributed by atoms with Crippen LogP contribution in [-0.2, 0) is 10.0 Å². The highest BCUT2D eigenvalue weighted by Crippen LogP contribution is 2.22. The van der Waals surface area contributed by atoms with E-state index in [4.69, 9.17) is 0 Å². The average Bonchev–Trinajstić information content (AvgIpc) is 2.60. The number of urea groups is 1. The lowest BCUT2D eigenvalue weighted by Crippen LogP contribution is -2.38. The van der Waals surface area contributed by atoms with Crippen LogP contribution in [-0.4, -0.2) is 54.6 Å². The van der Waals surface area contributed by atoms with Crippen LogP contribution >= 0.6 is 0 Å². The molecule has 0 aromatic carbocycles. The van der Waals surface area contributed by atoms with E-state index >= 15 is 0 Å². The van der Waals surface area contributed by atoms with Crippen LogP contribution in [0.1, 0.15) is 46.5 Å². The summed E-state index contributed by atoms with van der Waals surface area (Å²) in [6.45, 7) is 7.09. The van der Waals surface area contributed by atoms with Crippen LogP contribution < -0.4 is 10.6 Å². The van der Waals surface area contributed by atoms with Crippen LogP contribution in [0.5, 0.6) is 0 Å². The summed E-state index contributed by atoms with van der Waals surface area (Å²) in [5.74, 6) is 0.276. The topological polar surface area (TPSA) is 112 Å². The Bertz CT molecular complexity index is 726. The second kappa shape index (κ2) is 8.99. The molecule has 1 fully saturated rings. The molecule has 2 amide bonds. The number of carbonyl (C=O) groups excluding carboxylic acids is 1. The summed E-state index contributed by atoms with van der Waals surface area (Å²) in [5, 5.41) is 14.8. The maximum absolute atomic E-state index is 12.6. The van der Waals surface area contributed by atoms with E-state index in [1.54, 1.807) is 6.92 Å². The van der Waals surface area contributed by atoms with Gasteiger partial charge in [0, 0.05) is 25.8 Å². The summed E-state index contributed by atoms with van der Waals surface area (Å²) >= 11 is 0. The van der Waals surface area contributed by atoms with Gasteiger partial charge in [0.05, 0.1) is 6.10 Å². The van der Waals surface area contributed by atoms with Gasteiger partial charge in [-0.1, -0.05) is 20.3 Å². The third kappa shape index (κ3) is 6.44. The van der Waals surface area contributed by atoms with Crippen molar-refractivity contribution in [1.82, 2.24) is 14.6 Å². The van der Waals surface area contributed by atoms with Gasteiger partial charge in [0.2, 0.25) is 10.0 Å². The Morgan fingerprint density at radius 3 is 2.52 bits per heavy atom. The van der Waals surface area contributed by atoms with Crippen molar-refractivity contribution in [1.29, 1.82) is 0 Å². The molecule has 0 radical (unpaired) electrons. The molecule has 27 heavy (non-hydrogen) atoms. The van der Waals surface area contributed by atoms with Gasteiger partial charge in [-0.25, -0.2) is 18.2 Å². The van der Waals surface area contributed by atoms with E-state index in [2.05, 4.69) is 15.6 Å². The maximum atomic E-state index is 12.6. The molecule has 1 aliphatic rings. The summed E-state index contributed by atoms with van der Waals surface area (Å²) in [6.07, 6.45) is 4.19. The fraction of sp³-hybridized carbons (Fsp3) is 0.667. The first-order valence-electron chi connectivity index (χ1n) is 9.29. The number of amides is 2. The molecule has 0 unspecified atom stereocenters. The average molecular weight is 399 g/mol. The first kappa shape index (κ1) is 21.6. The molecule has 152 valence electrons. The SMILES string of the molecule is C[C@@H](O)CC(C)(C)CNC(=O)Nc1ccc(S(=O)(=O)N2CCCCC2)cn1. The predicted octanol–water partition coefficient (Wildman–Crippen LogP) is 2.17. The van der Waals surface area contributed by atoms with E-state index in [0.717, 1.165) is 19.3 Å². The number of carbonyl (C=O) groups is 1. The number of aliphatic hydroxyl groups is 1. The van der Waals surface area contributed by atoms with Gasteiger partial charge in [-0.05, 0) is 43.7 Å². The first-order valence-corrected chi connectivity index (χ1v) is 10.7. The Morgan fingerprint density at radius 1 is 1.30 bits per heavy atom. The fourth-order valence-corrected chi connectivity index (χ4v) is 4.68. The molecule has 0 bridgehead atoms. The van der Waals surface area contributed by atoms with Crippen LogP contribution in [0.2, 0.25) is 0 Å². The molecule has 0 aliphatic carbocycles. The molecular weight excluding hydrogens is 368 g/mol. The lowest BCUT2D eigenvalue weighted by molar-refractivity contribution is 0.129. The van der Waals surface area contributed by atoms with Crippen LogP contribution in [0.4, 0.5) is 10.6 Å². The molecule has 3 N–H and O–H groups in total. The van der Waals surface area contributed by atoms with Crippen molar-refractivity contribution in [3.8, 4) is 0 Å². The highest BCUT2D eigenvalue weighted by Gasteiger charge is 2.26. The minimum atomic E-state index is -3.53. The quantitative estimate of drug-likeness (QED) is 0.652. The molecular formula is C18H30N4O4S. The van der Waals surface area contributed by atoms with E-state index < -0.39 is 22.2 Å². The summed E-state index contributed by atoms with van der Waals surface area (Å²) < 4.78 is 26.7. The van der Waals surface area contributed by atoms with Gasteiger partial charge in [0.15, 0.2) is 0 Å². The summed E-state index contributed by atoms with van der Waals surface area (Å²) in [6, 6.07) is 2.52. The Kier molecular flexibility index (Phi) is 7.19. The largest absolute Gasteiger partial charge is 0.393 e. The molecule has 1 aliphatic heterocycles. The number of sulfonamides is 1. The molecule has 0 saturated carbocycles. The monoisotopic (exact) mass is 398 g/mol. The van der Waals surface area contributed by atoms with Gasteiger partial charge in [-0.15, -0.1) is 0 Å². The minimum Gasteiger partial charge on any atom is -0.393 e. The van der Waals surface area contributed by atoms with Crippen molar-refractivity contribution in [3.05, 3.63) is 18.3 Å². The number of nitrogens with one attached hydrogen (secondary N) is 2. The number of hydrogen-bond donors (Lipinski definition) is 3. The number of hydrogen-bond acceptors (Lipinski definition) is 5. The summed E-state index contributed by atoms with van der Waals surface area (Å²) in [7, 11) is -3.53. The van der Waals surface area contributed by atoms with Gasteiger partial charge in [-0.3, -0.25) is 5.32 Å². The van der Waals surface area contributed by atoms with Crippen molar-refractivity contribution < 1.29 is 18.3 Å². The number of anilines is 1. The molecule has 1 saturated heterocycles. The summed E-state index contributed by atoms with van der Waals surface area (Å²) in [5.41, 5.74) is -0.245. The van der Waals surface area contributed by atoms with E-state index in [0.29, 0.717) is 26.1 Å². The van der Waals surface area contributed by atoms with Crippen LogP contribution in [0.15, 0.2) is 23.2 Å². The zero-order chi connectivity index (χ0) is 20.1. The highest BCUT2D eigenvalue weighted by atomic mass is 32.2. The molecule has 0 spiro atoms. The second-order valence-electron chi connectivity index (χ2n) is 7.87. The van der Waals surface area contributed by atoms with E-state index in [9.17, 15) is 18.3 Å². The first-order chi connectivity index (χ1) is 12.6. The normalized spacial score (nSPS) is 17.3. The second-order valence-corrected chi connectivity index (χ2v) is 9.81. The van der Waals surface area contributed by atoms with Gasteiger partial charge in [-0.2, -0.15) is 4.31 Å². The Balaban J connectivity index is 1.92. The lowest BCUT2D eigenvalue weighted by atomic mass is 9.87. The fourth-order valence-electron chi connectivity index (χ4n) is 3.21. The molecule has 8 nitrogen and oxygen atoms in total. The van der Waals surface area contributed by atoms with Crippen molar-refractivity contribution in [2.45, 2.75) is 57.5 Å². The Morgan fingerprint density at radius 2 is 1.96 bits per heavy atom. The Hall–Kier alpha value is -1.71. The third-order valence-electron chi connectivity index (χ3n) is 4.51. The van der Waals surface area contributed by atoms with E-state index in [-0.39, 0.29) is 16.1 Å². The molecule has 2 heterocycles. The number of aliphatic hydroxyl groups excluding tert-OH is 1. The van der Waals surface area contributed by atoms with Crippen molar-refractivity contribution in [2.75, 3.05) is 25.0 Å². The number of aromatic nitrogens is 1. The molecule has 9 heteroatoms. The van der Waals surface area contributed by atoms with Crippen LogP contribution in [0.25, 0.3) is 0 Å². The minimum absolute atomic E-state index is 0.133. The number of rotatable bonds is 7. The maximum Gasteiger partial charge on any atom is 0.320 e. The molecule has 1 aromatic heterocycles. The number of pyridine rings is 1. The van der Waals surface area contributed by atoms with Gasteiger partial charge >= 0.3 is 6.03 Å². The predicted molar refractivity (Wildman–Crippen MR) is 104 cm³/mol. The molecule has 1 aromatic rings. The van der Waals surface area contributed by atoms with E-state index in [1.165, 1.54) is 22.6 Å². The van der Waals surface area contributed by atoms with Gasteiger partial charge < -0.3 is 10.4 Å². The highest BCUT2D eigenvalue weighted by molar-refractivity contribution is 7.89.